The molecule has 118 valence electrons. The Kier molecular flexibility index (Phi) is 6.15. The molecule has 0 radical (unpaired) electrons. The van der Waals surface area contributed by atoms with Crippen LogP contribution < -0.4 is 10.6 Å². The number of nitrogens with one attached hydrogen (secondary N) is 1. The first-order valence-electron chi connectivity index (χ1n) is 6.71. The van der Waals surface area contributed by atoms with E-state index in [2.05, 4.69) is 5.32 Å². The van der Waals surface area contributed by atoms with Crippen molar-refractivity contribution in [1.29, 1.82) is 0 Å². The topological polar surface area (TPSA) is 58.9 Å². The molecule has 7 heteroatoms. The summed E-state index contributed by atoms with van der Waals surface area (Å²) in [6.45, 7) is 0.456. The number of halogens is 3. The molecule has 0 fully saturated rings. The molecule has 1 unspecified atom stereocenters. The Morgan fingerprint density at radius 1 is 1.18 bits per heavy atom. The summed E-state index contributed by atoms with van der Waals surface area (Å²) in [6.07, 6.45) is 1.09. The van der Waals surface area contributed by atoms with Gasteiger partial charge >= 0.3 is 0 Å². The Labute approximate surface area is 143 Å². The third kappa shape index (κ3) is 5.54. The Morgan fingerprint density at radius 2 is 1.91 bits per heavy atom. The molecule has 0 saturated carbocycles. The second-order valence-corrected chi connectivity index (χ2v) is 7.14. The number of alkyl halides is 3. The zero-order valence-electron chi connectivity index (χ0n) is 11.6. The average Bonchev–Trinajstić information content (AvgIpc) is 2.96. The second kappa shape index (κ2) is 7.88. The van der Waals surface area contributed by atoms with Gasteiger partial charge in [-0.25, -0.2) is 0 Å². The van der Waals surface area contributed by atoms with Crippen LogP contribution in [0, 0.1) is 0 Å². The maximum Gasteiger partial charge on any atom is 0.262 e. The molecule has 2 aromatic rings. The number of quaternary nitrogens is 1. The van der Waals surface area contributed by atoms with Crippen LogP contribution in [0.1, 0.15) is 11.3 Å². The zero-order valence-corrected chi connectivity index (χ0v) is 13.9. The van der Waals surface area contributed by atoms with Gasteiger partial charge in [0.05, 0.1) is 12.7 Å². The lowest BCUT2D eigenvalue weighted by molar-refractivity contribution is -0.708. The van der Waals surface area contributed by atoms with Crippen LogP contribution in [0.15, 0.2) is 53.1 Å². The van der Waals surface area contributed by atoms with Crippen molar-refractivity contribution in [1.82, 2.24) is 5.32 Å². The Bertz CT molecular complexity index is 583. The maximum absolute atomic E-state index is 12.1. The van der Waals surface area contributed by atoms with Crippen molar-refractivity contribution in [2.45, 2.75) is 22.9 Å². The predicted molar refractivity (Wildman–Crippen MR) is 86.7 cm³/mol. The van der Waals surface area contributed by atoms with Crippen LogP contribution in [-0.4, -0.2) is 15.9 Å². The molecule has 2 rings (SSSR count). The van der Waals surface area contributed by atoms with Crippen molar-refractivity contribution >= 4 is 40.7 Å². The third-order valence-electron chi connectivity index (χ3n) is 3.01. The number of rotatable bonds is 6. The average molecular weight is 363 g/mol. The van der Waals surface area contributed by atoms with Crippen molar-refractivity contribution in [3.8, 4) is 0 Å². The Morgan fingerprint density at radius 3 is 2.50 bits per heavy atom. The molecular formula is C15H16Cl3N2O2+. The number of carbonyl (C=O) groups is 1. The molecule has 1 amide bonds. The summed E-state index contributed by atoms with van der Waals surface area (Å²) in [5, 5.41) is 4.45. The van der Waals surface area contributed by atoms with Crippen LogP contribution in [0.25, 0.3) is 0 Å². The van der Waals surface area contributed by atoms with Crippen molar-refractivity contribution in [3.63, 3.8) is 0 Å². The smallest absolute Gasteiger partial charge is 0.262 e. The first-order chi connectivity index (χ1) is 10.4. The largest absolute Gasteiger partial charge is 0.463 e. The third-order valence-corrected chi connectivity index (χ3v) is 3.72. The van der Waals surface area contributed by atoms with E-state index >= 15 is 0 Å². The van der Waals surface area contributed by atoms with Crippen LogP contribution in [0.5, 0.6) is 0 Å². The highest BCUT2D eigenvalue weighted by molar-refractivity contribution is 6.68. The molecule has 0 saturated heterocycles. The van der Waals surface area contributed by atoms with E-state index in [1.807, 2.05) is 36.4 Å². The van der Waals surface area contributed by atoms with Gasteiger partial charge in [-0.2, -0.15) is 0 Å². The fourth-order valence-electron chi connectivity index (χ4n) is 1.94. The van der Waals surface area contributed by atoms with E-state index in [0.29, 0.717) is 6.54 Å². The first kappa shape index (κ1) is 17.2. The molecule has 0 spiro atoms. The standard InChI is InChI=1S/C15H15Cl3N2O2/c16-15(17,18)14(19-10-12-7-4-8-22-12)20-13(21)9-11-5-2-1-3-6-11/h1-8,14,19H,9-10H2,(H,20,21)/p+1. The molecule has 0 aliphatic rings. The molecule has 3 N–H and O–H groups in total. The minimum atomic E-state index is -1.63. The van der Waals surface area contributed by atoms with Crippen LogP contribution in [0.3, 0.4) is 0 Å². The van der Waals surface area contributed by atoms with Gasteiger partial charge in [0.15, 0.2) is 5.76 Å². The van der Waals surface area contributed by atoms with Gasteiger partial charge in [0.1, 0.15) is 6.54 Å². The van der Waals surface area contributed by atoms with E-state index in [0.717, 1.165) is 11.3 Å². The molecule has 4 nitrogen and oxygen atoms in total. The maximum atomic E-state index is 12.1. The van der Waals surface area contributed by atoms with Crippen molar-refractivity contribution in [3.05, 3.63) is 60.1 Å². The van der Waals surface area contributed by atoms with E-state index in [4.69, 9.17) is 39.2 Å². The van der Waals surface area contributed by atoms with Crippen LogP contribution in [0.4, 0.5) is 0 Å². The highest BCUT2D eigenvalue weighted by Gasteiger charge is 2.37. The molecule has 0 bridgehead atoms. The van der Waals surface area contributed by atoms with Crippen LogP contribution in [0.2, 0.25) is 0 Å². The van der Waals surface area contributed by atoms with Gasteiger partial charge < -0.3 is 15.1 Å². The lowest BCUT2D eigenvalue weighted by Gasteiger charge is -2.23. The molecule has 1 heterocycles. The highest BCUT2D eigenvalue weighted by atomic mass is 35.6. The molecule has 0 aliphatic carbocycles. The minimum absolute atomic E-state index is 0.210. The number of carbonyl (C=O) groups excluding carboxylic acids is 1. The second-order valence-electron chi connectivity index (χ2n) is 4.77. The minimum Gasteiger partial charge on any atom is -0.463 e. The van der Waals surface area contributed by atoms with E-state index in [-0.39, 0.29) is 12.3 Å². The molecule has 22 heavy (non-hydrogen) atoms. The summed E-state index contributed by atoms with van der Waals surface area (Å²) in [5.41, 5.74) is 0.897. The van der Waals surface area contributed by atoms with Crippen LogP contribution >= 0.6 is 34.8 Å². The molecule has 1 aromatic heterocycles. The summed E-state index contributed by atoms with van der Waals surface area (Å²) in [6, 6.07) is 13.0. The normalized spacial score (nSPS) is 12.9. The summed E-state index contributed by atoms with van der Waals surface area (Å²) in [4.78, 5) is 12.1. The van der Waals surface area contributed by atoms with Gasteiger partial charge in [0.2, 0.25) is 12.1 Å². The van der Waals surface area contributed by atoms with Gasteiger partial charge in [-0.05, 0) is 17.7 Å². The lowest BCUT2D eigenvalue weighted by atomic mass is 10.1. The molecule has 1 aromatic carbocycles. The number of amides is 1. The predicted octanol–water partition coefficient (Wildman–Crippen LogP) is 2.40. The quantitative estimate of drug-likeness (QED) is 0.612. The number of hydrogen-bond acceptors (Lipinski definition) is 2. The number of nitrogens with two attached hydrogens (primary N) is 1. The van der Waals surface area contributed by atoms with Crippen molar-refractivity contribution in [2.24, 2.45) is 0 Å². The fraction of sp³-hybridized carbons (Fsp3) is 0.267. The van der Waals surface area contributed by atoms with E-state index < -0.39 is 9.96 Å². The highest BCUT2D eigenvalue weighted by Crippen LogP contribution is 2.27. The number of hydrogen-bond donors (Lipinski definition) is 2. The first-order valence-corrected chi connectivity index (χ1v) is 7.84. The van der Waals surface area contributed by atoms with E-state index in [1.54, 1.807) is 17.6 Å². The number of benzene rings is 1. The fourth-order valence-corrected chi connectivity index (χ4v) is 2.37. The molecule has 1 atom stereocenters. The van der Waals surface area contributed by atoms with Crippen molar-refractivity contribution in [2.75, 3.05) is 0 Å². The van der Waals surface area contributed by atoms with Gasteiger partial charge in [0.25, 0.3) is 3.79 Å². The zero-order chi connectivity index (χ0) is 16.0. The summed E-state index contributed by atoms with van der Waals surface area (Å²) >= 11 is 17.8. The monoisotopic (exact) mass is 361 g/mol. The molecule has 0 aliphatic heterocycles. The Hall–Kier alpha value is -1.20. The summed E-state index contributed by atoms with van der Waals surface area (Å²) in [7, 11) is 0. The SMILES string of the molecule is O=C(Cc1ccccc1)NC([NH2+]Cc1ccco1)C(Cl)(Cl)Cl. The van der Waals surface area contributed by atoms with Crippen molar-refractivity contribution < 1.29 is 14.5 Å². The Balaban J connectivity index is 1.93. The number of furan rings is 1. The van der Waals surface area contributed by atoms with Crippen LogP contribution in [-0.2, 0) is 17.8 Å². The summed E-state index contributed by atoms with van der Waals surface area (Å²) < 4.78 is 3.60. The van der Waals surface area contributed by atoms with Gasteiger partial charge in [0, 0.05) is 0 Å². The molecular weight excluding hydrogens is 347 g/mol. The summed E-state index contributed by atoms with van der Waals surface area (Å²) in [5.74, 6) is 0.523. The lowest BCUT2D eigenvalue weighted by Crippen LogP contribution is -2.95. The van der Waals surface area contributed by atoms with Gasteiger partial charge in [-0.15, -0.1) is 0 Å². The van der Waals surface area contributed by atoms with E-state index in [9.17, 15) is 4.79 Å². The van der Waals surface area contributed by atoms with E-state index in [1.165, 1.54) is 0 Å². The van der Waals surface area contributed by atoms with Gasteiger partial charge in [-0.1, -0.05) is 65.1 Å². The van der Waals surface area contributed by atoms with Gasteiger partial charge in [-0.3, -0.25) is 4.79 Å².